The average Bonchev–Trinajstić information content (AvgIpc) is 2.54. The SMILES string of the molecule is CCc1ccc(NCC(=O)Nc2ccccc2C#N)cc1. The maximum absolute atomic E-state index is 11.9. The maximum Gasteiger partial charge on any atom is 0.243 e. The van der Waals surface area contributed by atoms with E-state index in [0.29, 0.717) is 11.3 Å². The predicted molar refractivity (Wildman–Crippen MR) is 84.1 cm³/mol. The maximum atomic E-state index is 11.9. The molecule has 1 amide bonds. The average molecular weight is 279 g/mol. The standard InChI is InChI=1S/C17H17N3O/c1-2-13-7-9-15(10-8-13)19-12-17(21)20-16-6-4-3-5-14(16)11-18/h3-10,19H,2,12H2,1H3,(H,20,21). The number of amides is 1. The topological polar surface area (TPSA) is 64.9 Å². The molecule has 0 fully saturated rings. The molecule has 4 nitrogen and oxygen atoms in total. The van der Waals surface area contributed by atoms with Crippen molar-refractivity contribution in [2.45, 2.75) is 13.3 Å². The van der Waals surface area contributed by atoms with Crippen molar-refractivity contribution >= 4 is 17.3 Å². The second kappa shape index (κ2) is 7.11. The zero-order chi connectivity index (χ0) is 15.1. The van der Waals surface area contributed by atoms with Gasteiger partial charge in [-0.1, -0.05) is 31.2 Å². The van der Waals surface area contributed by atoms with E-state index < -0.39 is 0 Å². The van der Waals surface area contributed by atoms with Gasteiger partial charge in [0.25, 0.3) is 0 Å². The van der Waals surface area contributed by atoms with Gasteiger partial charge in [-0.2, -0.15) is 5.26 Å². The summed E-state index contributed by atoms with van der Waals surface area (Å²) >= 11 is 0. The Kier molecular flexibility index (Phi) is 4.94. The summed E-state index contributed by atoms with van der Waals surface area (Å²) in [6.07, 6.45) is 0.992. The van der Waals surface area contributed by atoms with Gasteiger partial charge in [0, 0.05) is 5.69 Å². The van der Waals surface area contributed by atoms with E-state index in [2.05, 4.69) is 23.6 Å². The van der Waals surface area contributed by atoms with Crippen LogP contribution in [0.15, 0.2) is 48.5 Å². The lowest BCUT2D eigenvalue weighted by molar-refractivity contribution is -0.114. The van der Waals surface area contributed by atoms with Gasteiger partial charge < -0.3 is 10.6 Å². The molecule has 0 bridgehead atoms. The Morgan fingerprint density at radius 3 is 2.52 bits per heavy atom. The summed E-state index contributed by atoms with van der Waals surface area (Å²) in [5.74, 6) is -0.183. The lowest BCUT2D eigenvalue weighted by Gasteiger charge is -2.09. The summed E-state index contributed by atoms with van der Waals surface area (Å²) in [6.45, 7) is 2.26. The summed E-state index contributed by atoms with van der Waals surface area (Å²) in [7, 11) is 0. The highest BCUT2D eigenvalue weighted by molar-refractivity contribution is 5.94. The molecule has 0 saturated heterocycles. The molecule has 4 heteroatoms. The second-order valence-electron chi connectivity index (χ2n) is 4.61. The van der Waals surface area contributed by atoms with Gasteiger partial charge >= 0.3 is 0 Å². The number of nitriles is 1. The molecule has 0 aliphatic rings. The molecular weight excluding hydrogens is 262 g/mol. The van der Waals surface area contributed by atoms with E-state index in [4.69, 9.17) is 5.26 Å². The first-order chi connectivity index (χ1) is 10.2. The Labute approximate surface area is 124 Å². The lowest BCUT2D eigenvalue weighted by Crippen LogP contribution is -2.22. The van der Waals surface area contributed by atoms with E-state index in [-0.39, 0.29) is 12.5 Å². The zero-order valence-corrected chi connectivity index (χ0v) is 11.9. The molecule has 2 rings (SSSR count). The fourth-order valence-electron chi connectivity index (χ4n) is 1.92. The summed E-state index contributed by atoms with van der Waals surface area (Å²) in [5.41, 5.74) is 3.15. The fourth-order valence-corrected chi connectivity index (χ4v) is 1.92. The number of carbonyl (C=O) groups excluding carboxylic acids is 1. The van der Waals surface area contributed by atoms with Gasteiger partial charge in [-0.05, 0) is 36.2 Å². The molecule has 0 saturated carbocycles. The van der Waals surface area contributed by atoms with Crippen molar-refractivity contribution in [2.75, 3.05) is 17.2 Å². The van der Waals surface area contributed by atoms with Crippen molar-refractivity contribution in [1.82, 2.24) is 0 Å². The lowest BCUT2D eigenvalue weighted by atomic mass is 10.1. The molecule has 0 unspecified atom stereocenters. The Morgan fingerprint density at radius 2 is 1.86 bits per heavy atom. The van der Waals surface area contributed by atoms with Gasteiger partial charge in [-0.25, -0.2) is 0 Å². The third-order valence-corrected chi connectivity index (χ3v) is 3.14. The largest absolute Gasteiger partial charge is 0.376 e. The smallest absolute Gasteiger partial charge is 0.243 e. The van der Waals surface area contributed by atoms with Gasteiger partial charge in [0.15, 0.2) is 0 Å². The summed E-state index contributed by atoms with van der Waals surface area (Å²) in [4.78, 5) is 11.9. The van der Waals surface area contributed by atoms with Crippen LogP contribution in [0, 0.1) is 11.3 Å². The van der Waals surface area contributed by atoms with Crippen molar-refractivity contribution in [3.8, 4) is 6.07 Å². The number of hydrogen-bond donors (Lipinski definition) is 2. The van der Waals surface area contributed by atoms with Crippen molar-refractivity contribution in [1.29, 1.82) is 5.26 Å². The Bertz CT molecular complexity index is 656. The van der Waals surface area contributed by atoms with Crippen molar-refractivity contribution in [3.05, 3.63) is 59.7 Å². The Balaban J connectivity index is 1.91. The number of hydrogen-bond acceptors (Lipinski definition) is 3. The van der Waals surface area contributed by atoms with Crippen LogP contribution in [0.3, 0.4) is 0 Å². The van der Waals surface area contributed by atoms with Crippen LogP contribution in [0.4, 0.5) is 11.4 Å². The van der Waals surface area contributed by atoms with E-state index in [1.807, 2.05) is 24.3 Å². The number of rotatable bonds is 5. The summed E-state index contributed by atoms with van der Waals surface area (Å²) < 4.78 is 0. The molecule has 0 heterocycles. The normalized spacial score (nSPS) is 9.71. The minimum Gasteiger partial charge on any atom is -0.376 e. The van der Waals surface area contributed by atoms with Crippen LogP contribution in [0.1, 0.15) is 18.1 Å². The summed E-state index contributed by atoms with van der Waals surface area (Å²) in [5, 5.41) is 14.8. The zero-order valence-electron chi connectivity index (χ0n) is 11.9. The predicted octanol–water partition coefficient (Wildman–Crippen LogP) is 3.17. The van der Waals surface area contributed by atoms with Gasteiger partial charge in [-0.3, -0.25) is 4.79 Å². The van der Waals surface area contributed by atoms with E-state index in [1.54, 1.807) is 24.3 Å². The van der Waals surface area contributed by atoms with Crippen LogP contribution in [0.2, 0.25) is 0 Å². The van der Waals surface area contributed by atoms with Crippen LogP contribution >= 0.6 is 0 Å². The molecule has 0 radical (unpaired) electrons. The highest BCUT2D eigenvalue weighted by Gasteiger charge is 2.05. The third-order valence-electron chi connectivity index (χ3n) is 3.14. The van der Waals surface area contributed by atoms with Gasteiger partial charge in [0.05, 0.1) is 17.8 Å². The van der Waals surface area contributed by atoms with Gasteiger partial charge in [0.1, 0.15) is 6.07 Å². The van der Waals surface area contributed by atoms with E-state index in [1.165, 1.54) is 5.56 Å². The molecule has 2 N–H and O–H groups in total. The van der Waals surface area contributed by atoms with Crippen molar-refractivity contribution in [3.63, 3.8) is 0 Å². The molecule has 2 aromatic carbocycles. The Morgan fingerprint density at radius 1 is 1.14 bits per heavy atom. The van der Waals surface area contributed by atoms with Crippen molar-refractivity contribution < 1.29 is 4.79 Å². The van der Waals surface area contributed by atoms with Gasteiger partial charge in [0.2, 0.25) is 5.91 Å². The molecule has 0 atom stereocenters. The first kappa shape index (κ1) is 14.6. The van der Waals surface area contributed by atoms with Crippen LogP contribution in [0.5, 0.6) is 0 Å². The molecule has 106 valence electrons. The van der Waals surface area contributed by atoms with Crippen molar-refractivity contribution in [2.24, 2.45) is 0 Å². The molecular formula is C17H17N3O. The number of anilines is 2. The third kappa shape index (κ3) is 4.08. The quantitative estimate of drug-likeness (QED) is 0.883. The first-order valence-corrected chi connectivity index (χ1v) is 6.84. The minimum absolute atomic E-state index is 0.158. The molecule has 21 heavy (non-hydrogen) atoms. The highest BCUT2D eigenvalue weighted by atomic mass is 16.1. The molecule has 0 aliphatic heterocycles. The summed E-state index contributed by atoms with van der Waals surface area (Å²) in [6, 6.07) is 17.0. The Hall–Kier alpha value is -2.80. The first-order valence-electron chi connectivity index (χ1n) is 6.84. The minimum atomic E-state index is -0.183. The molecule has 0 spiro atoms. The number of benzene rings is 2. The van der Waals surface area contributed by atoms with Gasteiger partial charge in [-0.15, -0.1) is 0 Å². The second-order valence-corrected chi connectivity index (χ2v) is 4.61. The number of carbonyl (C=O) groups is 1. The van der Waals surface area contributed by atoms with E-state index in [0.717, 1.165) is 12.1 Å². The highest BCUT2D eigenvalue weighted by Crippen LogP contribution is 2.13. The molecule has 0 aromatic heterocycles. The number of aryl methyl sites for hydroxylation is 1. The fraction of sp³-hybridized carbons (Fsp3) is 0.176. The number of para-hydroxylation sites is 1. The molecule has 2 aromatic rings. The van der Waals surface area contributed by atoms with Crippen LogP contribution in [-0.2, 0) is 11.2 Å². The number of nitrogens with one attached hydrogen (secondary N) is 2. The monoisotopic (exact) mass is 279 g/mol. The van der Waals surface area contributed by atoms with Crippen LogP contribution in [0.25, 0.3) is 0 Å². The molecule has 0 aliphatic carbocycles. The van der Waals surface area contributed by atoms with Crippen LogP contribution < -0.4 is 10.6 Å². The number of nitrogens with zero attached hydrogens (tertiary/aromatic N) is 1. The van der Waals surface area contributed by atoms with E-state index >= 15 is 0 Å². The van der Waals surface area contributed by atoms with E-state index in [9.17, 15) is 4.79 Å². The van der Waals surface area contributed by atoms with Crippen LogP contribution in [-0.4, -0.2) is 12.5 Å².